The molecule has 0 radical (unpaired) electrons. The van der Waals surface area contributed by atoms with Crippen molar-refractivity contribution in [3.05, 3.63) is 59.7 Å². The number of ether oxygens (including phenoxy) is 1. The van der Waals surface area contributed by atoms with Gasteiger partial charge < -0.3 is 10.1 Å². The van der Waals surface area contributed by atoms with E-state index in [1.807, 2.05) is 36.4 Å². The second kappa shape index (κ2) is 9.26. The van der Waals surface area contributed by atoms with Gasteiger partial charge in [-0.3, -0.25) is 4.79 Å². The van der Waals surface area contributed by atoms with Crippen molar-refractivity contribution in [3.63, 3.8) is 0 Å². The number of nitrogens with one attached hydrogen (secondary N) is 1. The highest BCUT2D eigenvalue weighted by Crippen LogP contribution is 2.26. The molecule has 3 heteroatoms. The second-order valence-electron chi connectivity index (χ2n) is 6.74. The molecule has 134 valence electrons. The van der Waals surface area contributed by atoms with Gasteiger partial charge in [-0.25, -0.2) is 0 Å². The Balaban J connectivity index is 1.96. The van der Waals surface area contributed by atoms with E-state index in [9.17, 15) is 4.79 Å². The maximum atomic E-state index is 12.4. The Morgan fingerprint density at radius 3 is 2.36 bits per heavy atom. The summed E-state index contributed by atoms with van der Waals surface area (Å²) in [5, 5.41) is 2.93. The predicted molar refractivity (Wildman–Crippen MR) is 104 cm³/mol. The van der Waals surface area contributed by atoms with Crippen molar-refractivity contribution in [2.45, 2.75) is 59.0 Å². The number of anilines is 1. The first kappa shape index (κ1) is 19.0. The lowest BCUT2D eigenvalue weighted by atomic mass is 10.0. The van der Waals surface area contributed by atoms with Crippen LogP contribution < -0.4 is 10.1 Å². The number of aryl methyl sites for hydroxylation is 1. The minimum atomic E-state index is -0.556. The molecule has 3 nitrogen and oxygen atoms in total. The standard InChI is InChI=1S/C22H29NO2/c1-5-6-9-18-12-14-19(15-13-18)23-22(24)17(4)25-21-11-8-7-10-20(21)16(2)3/h7-8,10-17H,5-6,9H2,1-4H3,(H,23,24)/t17-/m0/s1. The van der Waals surface area contributed by atoms with Crippen molar-refractivity contribution in [2.24, 2.45) is 0 Å². The molecule has 0 aliphatic carbocycles. The van der Waals surface area contributed by atoms with E-state index in [1.54, 1.807) is 6.92 Å². The fourth-order valence-electron chi connectivity index (χ4n) is 2.69. The maximum absolute atomic E-state index is 12.4. The molecule has 25 heavy (non-hydrogen) atoms. The molecule has 0 fully saturated rings. The number of hydrogen-bond donors (Lipinski definition) is 1. The van der Waals surface area contributed by atoms with Crippen molar-refractivity contribution in [1.29, 1.82) is 0 Å². The van der Waals surface area contributed by atoms with Crippen molar-refractivity contribution >= 4 is 11.6 Å². The Labute approximate surface area is 151 Å². The Kier molecular flexibility index (Phi) is 7.05. The zero-order valence-corrected chi connectivity index (χ0v) is 15.7. The van der Waals surface area contributed by atoms with E-state index in [0.717, 1.165) is 23.4 Å². The van der Waals surface area contributed by atoms with E-state index in [4.69, 9.17) is 4.74 Å². The van der Waals surface area contributed by atoms with Gasteiger partial charge in [-0.2, -0.15) is 0 Å². The van der Waals surface area contributed by atoms with Gasteiger partial charge in [0.1, 0.15) is 5.75 Å². The SMILES string of the molecule is CCCCc1ccc(NC(=O)[C@H](C)Oc2ccccc2C(C)C)cc1. The van der Waals surface area contributed by atoms with Gasteiger partial charge in [0.05, 0.1) is 0 Å². The van der Waals surface area contributed by atoms with Gasteiger partial charge in [0.15, 0.2) is 6.10 Å². The molecule has 0 saturated carbocycles. The van der Waals surface area contributed by atoms with Crippen molar-refractivity contribution < 1.29 is 9.53 Å². The highest BCUT2D eigenvalue weighted by Gasteiger charge is 2.17. The van der Waals surface area contributed by atoms with Gasteiger partial charge in [-0.1, -0.05) is 57.5 Å². The van der Waals surface area contributed by atoms with Crippen LogP contribution in [0.15, 0.2) is 48.5 Å². The molecule has 2 aromatic carbocycles. The van der Waals surface area contributed by atoms with E-state index in [-0.39, 0.29) is 5.91 Å². The van der Waals surface area contributed by atoms with E-state index < -0.39 is 6.10 Å². The van der Waals surface area contributed by atoms with Gasteiger partial charge >= 0.3 is 0 Å². The Hall–Kier alpha value is -2.29. The zero-order valence-electron chi connectivity index (χ0n) is 15.7. The summed E-state index contributed by atoms with van der Waals surface area (Å²) in [5.74, 6) is 0.983. The number of carbonyl (C=O) groups excluding carboxylic acids is 1. The van der Waals surface area contributed by atoms with E-state index in [2.05, 4.69) is 38.2 Å². The minimum Gasteiger partial charge on any atom is -0.481 e. The van der Waals surface area contributed by atoms with Crippen LogP contribution in [0.3, 0.4) is 0 Å². The van der Waals surface area contributed by atoms with Crippen molar-refractivity contribution in [2.75, 3.05) is 5.32 Å². The minimum absolute atomic E-state index is 0.139. The molecular weight excluding hydrogens is 310 g/mol. The summed E-state index contributed by atoms with van der Waals surface area (Å²) in [6.07, 6.45) is 2.90. The maximum Gasteiger partial charge on any atom is 0.265 e. The summed E-state index contributed by atoms with van der Waals surface area (Å²) in [6.45, 7) is 8.20. The largest absolute Gasteiger partial charge is 0.481 e. The third-order valence-corrected chi connectivity index (χ3v) is 4.25. The molecule has 0 aromatic heterocycles. The summed E-state index contributed by atoms with van der Waals surface area (Å²) in [4.78, 5) is 12.4. The molecular formula is C22H29NO2. The normalized spacial score (nSPS) is 12.0. The molecule has 1 atom stereocenters. The topological polar surface area (TPSA) is 38.3 Å². The monoisotopic (exact) mass is 339 g/mol. The molecule has 2 aromatic rings. The van der Waals surface area contributed by atoms with Crippen LogP contribution in [-0.2, 0) is 11.2 Å². The number of rotatable bonds is 8. The lowest BCUT2D eigenvalue weighted by Gasteiger charge is -2.18. The quantitative estimate of drug-likeness (QED) is 0.684. The summed E-state index contributed by atoms with van der Waals surface area (Å²) < 4.78 is 5.91. The molecule has 0 heterocycles. The lowest BCUT2D eigenvalue weighted by molar-refractivity contribution is -0.122. The molecule has 0 aliphatic heterocycles. The highest BCUT2D eigenvalue weighted by atomic mass is 16.5. The van der Waals surface area contributed by atoms with Crippen LogP contribution in [0, 0.1) is 0 Å². The zero-order chi connectivity index (χ0) is 18.2. The van der Waals surface area contributed by atoms with Crippen LogP contribution in [0.1, 0.15) is 57.6 Å². The summed E-state index contributed by atoms with van der Waals surface area (Å²) >= 11 is 0. The van der Waals surface area contributed by atoms with E-state index in [1.165, 1.54) is 18.4 Å². The Morgan fingerprint density at radius 2 is 1.72 bits per heavy atom. The number of para-hydroxylation sites is 1. The van der Waals surface area contributed by atoms with Gasteiger partial charge in [0.2, 0.25) is 0 Å². The second-order valence-corrected chi connectivity index (χ2v) is 6.74. The van der Waals surface area contributed by atoms with Crippen LogP contribution in [0.4, 0.5) is 5.69 Å². The third-order valence-electron chi connectivity index (χ3n) is 4.25. The van der Waals surface area contributed by atoms with Gasteiger partial charge in [-0.05, 0) is 55.0 Å². The summed E-state index contributed by atoms with van der Waals surface area (Å²) in [7, 11) is 0. The summed E-state index contributed by atoms with van der Waals surface area (Å²) in [6, 6.07) is 15.9. The fourth-order valence-corrected chi connectivity index (χ4v) is 2.69. The van der Waals surface area contributed by atoms with Gasteiger partial charge in [-0.15, -0.1) is 0 Å². The van der Waals surface area contributed by atoms with Gasteiger partial charge in [0, 0.05) is 5.69 Å². The molecule has 1 amide bonds. The third kappa shape index (κ3) is 5.63. The molecule has 0 saturated heterocycles. The number of benzene rings is 2. The Bertz CT molecular complexity index is 677. The molecule has 0 spiro atoms. The highest BCUT2D eigenvalue weighted by molar-refractivity contribution is 5.94. The molecule has 0 unspecified atom stereocenters. The average Bonchev–Trinajstić information content (AvgIpc) is 2.61. The number of unbranched alkanes of at least 4 members (excludes halogenated alkanes) is 1. The van der Waals surface area contributed by atoms with Crippen molar-refractivity contribution in [3.8, 4) is 5.75 Å². The number of hydrogen-bond acceptors (Lipinski definition) is 2. The predicted octanol–water partition coefficient (Wildman–Crippen LogP) is 5.56. The first-order valence-corrected chi connectivity index (χ1v) is 9.16. The first-order chi connectivity index (χ1) is 12.0. The smallest absolute Gasteiger partial charge is 0.265 e. The van der Waals surface area contributed by atoms with E-state index in [0.29, 0.717) is 5.92 Å². The van der Waals surface area contributed by atoms with Crippen LogP contribution >= 0.6 is 0 Å². The number of amides is 1. The molecule has 1 N–H and O–H groups in total. The lowest BCUT2D eigenvalue weighted by Crippen LogP contribution is -2.30. The van der Waals surface area contributed by atoms with Crippen LogP contribution in [0.25, 0.3) is 0 Å². The molecule has 0 bridgehead atoms. The van der Waals surface area contributed by atoms with Crippen molar-refractivity contribution in [1.82, 2.24) is 0 Å². The van der Waals surface area contributed by atoms with Gasteiger partial charge in [0.25, 0.3) is 5.91 Å². The Morgan fingerprint density at radius 1 is 1.04 bits per heavy atom. The first-order valence-electron chi connectivity index (χ1n) is 9.16. The number of carbonyl (C=O) groups is 1. The summed E-state index contributed by atoms with van der Waals surface area (Å²) in [5.41, 5.74) is 3.22. The average molecular weight is 339 g/mol. The van der Waals surface area contributed by atoms with Crippen LogP contribution in [0.2, 0.25) is 0 Å². The van der Waals surface area contributed by atoms with Crippen LogP contribution in [0.5, 0.6) is 5.75 Å². The molecule has 0 aliphatic rings. The van der Waals surface area contributed by atoms with Crippen LogP contribution in [-0.4, -0.2) is 12.0 Å². The van der Waals surface area contributed by atoms with E-state index >= 15 is 0 Å². The molecule has 2 rings (SSSR count). The fraction of sp³-hybridized carbons (Fsp3) is 0.409.